The second-order valence-corrected chi connectivity index (χ2v) is 5.68. The van der Waals surface area contributed by atoms with Gasteiger partial charge in [0.15, 0.2) is 5.43 Å². The molecule has 2 aromatic rings. The summed E-state index contributed by atoms with van der Waals surface area (Å²) in [6.45, 7) is 7.52. The van der Waals surface area contributed by atoms with Crippen LogP contribution in [0.3, 0.4) is 0 Å². The number of nitrogens with one attached hydrogen (secondary N) is 1. The lowest BCUT2D eigenvalue weighted by Gasteiger charge is -2.13. The molecule has 0 amide bonds. The van der Waals surface area contributed by atoms with Gasteiger partial charge in [-0.1, -0.05) is 13.8 Å². The number of pyridine rings is 1. The topological polar surface area (TPSA) is 34.0 Å². The number of rotatable bonds is 5. The minimum Gasteiger partial charge on any atom is -0.321 e. The van der Waals surface area contributed by atoms with Gasteiger partial charge in [0.05, 0.1) is 0 Å². The van der Waals surface area contributed by atoms with Gasteiger partial charge in [0.1, 0.15) is 5.82 Å². The average molecular weight is 288 g/mol. The molecule has 0 aliphatic heterocycles. The lowest BCUT2D eigenvalue weighted by Crippen LogP contribution is -2.24. The van der Waals surface area contributed by atoms with Crippen LogP contribution in [0.2, 0.25) is 0 Å². The first-order chi connectivity index (χ1) is 9.97. The summed E-state index contributed by atoms with van der Waals surface area (Å²) in [6.07, 6.45) is 1.83. The Morgan fingerprint density at radius 1 is 1.24 bits per heavy atom. The van der Waals surface area contributed by atoms with E-state index in [4.69, 9.17) is 0 Å². The van der Waals surface area contributed by atoms with Crippen LogP contribution in [0.5, 0.6) is 0 Å². The molecule has 21 heavy (non-hydrogen) atoms. The van der Waals surface area contributed by atoms with E-state index in [1.807, 2.05) is 17.7 Å². The van der Waals surface area contributed by atoms with E-state index < -0.39 is 0 Å². The van der Waals surface area contributed by atoms with Gasteiger partial charge in [-0.2, -0.15) is 0 Å². The molecular formula is C17H21FN2O. The second kappa shape index (κ2) is 6.68. The van der Waals surface area contributed by atoms with E-state index >= 15 is 0 Å². The van der Waals surface area contributed by atoms with Crippen LogP contribution in [0.1, 0.15) is 25.1 Å². The molecule has 1 N–H and O–H groups in total. The van der Waals surface area contributed by atoms with Crippen LogP contribution in [0, 0.1) is 18.7 Å². The molecule has 0 aliphatic rings. The third-order valence-electron chi connectivity index (χ3n) is 3.29. The smallest absolute Gasteiger partial charge is 0.186 e. The van der Waals surface area contributed by atoms with Crippen molar-refractivity contribution in [3.05, 3.63) is 63.8 Å². The monoisotopic (exact) mass is 288 g/mol. The van der Waals surface area contributed by atoms with Crippen LogP contribution >= 0.6 is 0 Å². The highest BCUT2D eigenvalue weighted by molar-refractivity contribution is 5.35. The van der Waals surface area contributed by atoms with E-state index in [9.17, 15) is 9.18 Å². The molecule has 1 heterocycles. The number of hydrogen-bond acceptors (Lipinski definition) is 2. The normalized spacial score (nSPS) is 11.1. The number of hydrogen-bond donors (Lipinski definition) is 1. The van der Waals surface area contributed by atoms with Gasteiger partial charge in [0, 0.05) is 35.8 Å². The average Bonchev–Trinajstić information content (AvgIpc) is 2.42. The third-order valence-corrected chi connectivity index (χ3v) is 3.29. The van der Waals surface area contributed by atoms with Crippen molar-refractivity contribution in [3.8, 4) is 5.69 Å². The molecule has 2 rings (SSSR count). The summed E-state index contributed by atoms with van der Waals surface area (Å²) in [5.74, 6) is 0.269. The minimum absolute atomic E-state index is 0.0297. The highest BCUT2D eigenvalue weighted by Crippen LogP contribution is 2.12. The van der Waals surface area contributed by atoms with Crippen LogP contribution in [0.15, 0.2) is 41.3 Å². The number of aromatic nitrogens is 1. The van der Waals surface area contributed by atoms with Crippen molar-refractivity contribution < 1.29 is 4.39 Å². The molecule has 0 atom stereocenters. The summed E-state index contributed by atoms with van der Waals surface area (Å²) >= 11 is 0. The third kappa shape index (κ3) is 4.02. The van der Waals surface area contributed by atoms with E-state index in [0.29, 0.717) is 18.0 Å². The molecular weight excluding hydrogens is 267 g/mol. The molecule has 0 aliphatic carbocycles. The summed E-state index contributed by atoms with van der Waals surface area (Å²) in [6, 6.07) is 7.87. The molecule has 112 valence electrons. The molecule has 0 unspecified atom stereocenters. The fourth-order valence-corrected chi connectivity index (χ4v) is 2.18. The largest absolute Gasteiger partial charge is 0.321 e. The molecule has 1 aromatic carbocycles. The number of halogens is 1. The lowest BCUT2D eigenvalue weighted by atomic mass is 10.2. The Morgan fingerprint density at radius 2 is 1.90 bits per heavy atom. The van der Waals surface area contributed by atoms with E-state index in [2.05, 4.69) is 19.2 Å². The lowest BCUT2D eigenvalue weighted by molar-refractivity contribution is 0.550. The van der Waals surface area contributed by atoms with Crippen LogP contribution in [0.25, 0.3) is 5.69 Å². The zero-order valence-corrected chi connectivity index (χ0v) is 12.7. The molecule has 0 saturated heterocycles. The maximum Gasteiger partial charge on any atom is 0.186 e. The Labute approximate surface area is 124 Å². The highest BCUT2D eigenvalue weighted by Gasteiger charge is 2.06. The van der Waals surface area contributed by atoms with Gasteiger partial charge in [-0.15, -0.1) is 0 Å². The van der Waals surface area contributed by atoms with E-state index in [-0.39, 0.29) is 11.2 Å². The molecule has 0 bridgehead atoms. The fourth-order valence-electron chi connectivity index (χ4n) is 2.18. The van der Waals surface area contributed by atoms with E-state index in [1.54, 1.807) is 18.2 Å². The Morgan fingerprint density at radius 3 is 2.52 bits per heavy atom. The van der Waals surface area contributed by atoms with Crippen molar-refractivity contribution in [1.82, 2.24) is 9.88 Å². The highest BCUT2D eigenvalue weighted by atomic mass is 19.1. The summed E-state index contributed by atoms with van der Waals surface area (Å²) in [7, 11) is 0. The molecule has 0 radical (unpaired) electrons. The van der Waals surface area contributed by atoms with Crippen molar-refractivity contribution in [3.63, 3.8) is 0 Å². The van der Waals surface area contributed by atoms with Gasteiger partial charge in [0.2, 0.25) is 0 Å². The SMILES string of the molecule is Cc1cc(=O)c(CNCC(C)C)cn1-c1ccc(F)cc1. The number of nitrogens with zero attached hydrogens (tertiary/aromatic N) is 1. The predicted molar refractivity (Wildman–Crippen MR) is 83.3 cm³/mol. The maximum absolute atomic E-state index is 13.0. The maximum atomic E-state index is 13.0. The Balaban J connectivity index is 2.30. The first-order valence-electron chi connectivity index (χ1n) is 7.16. The summed E-state index contributed by atoms with van der Waals surface area (Å²) in [5, 5.41) is 3.28. The number of aryl methyl sites for hydroxylation is 1. The van der Waals surface area contributed by atoms with Crippen LogP contribution in [-0.2, 0) is 6.54 Å². The first kappa shape index (κ1) is 15.4. The van der Waals surface area contributed by atoms with Gasteiger partial charge >= 0.3 is 0 Å². The minimum atomic E-state index is -0.267. The quantitative estimate of drug-likeness (QED) is 0.917. The zero-order valence-electron chi connectivity index (χ0n) is 12.7. The standard InChI is InChI=1S/C17H21FN2O/c1-12(2)9-19-10-14-11-20(13(3)8-17(14)21)16-6-4-15(18)5-7-16/h4-8,11-12,19H,9-10H2,1-3H3. The van der Waals surface area contributed by atoms with Crippen molar-refractivity contribution in [2.24, 2.45) is 5.92 Å². The van der Waals surface area contributed by atoms with Gasteiger partial charge in [-0.25, -0.2) is 4.39 Å². The summed E-state index contributed by atoms with van der Waals surface area (Å²) in [4.78, 5) is 12.0. The van der Waals surface area contributed by atoms with Gasteiger partial charge < -0.3 is 9.88 Å². The first-order valence-corrected chi connectivity index (χ1v) is 7.16. The molecule has 3 nitrogen and oxygen atoms in total. The molecule has 1 aromatic heterocycles. The van der Waals surface area contributed by atoms with Crippen molar-refractivity contribution in [2.45, 2.75) is 27.3 Å². The predicted octanol–water partition coefficient (Wildman–Crippen LogP) is 3.03. The van der Waals surface area contributed by atoms with Gasteiger partial charge in [-0.05, 0) is 43.7 Å². The van der Waals surface area contributed by atoms with Crippen molar-refractivity contribution in [2.75, 3.05) is 6.54 Å². The van der Waals surface area contributed by atoms with Crippen molar-refractivity contribution in [1.29, 1.82) is 0 Å². The zero-order chi connectivity index (χ0) is 15.4. The van der Waals surface area contributed by atoms with Crippen molar-refractivity contribution >= 4 is 0 Å². The molecule has 0 saturated carbocycles. The Kier molecular flexibility index (Phi) is 4.91. The van der Waals surface area contributed by atoms with E-state index in [0.717, 1.165) is 17.9 Å². The molecule has 0 fully saturated rings. The van der Waals surface area contributed by atoms with E-state index in [1.165, 1.54) is 12.1 Å². The Hall–Kier alpha value is -1.94. The molecule has 0 spiro atoms. The number of benzene rings is 1. The van der Waals surface area contributed by atoms with Crippen LogP contribution < -0.4 is 10.7 Å². The van der Waals surface area contributed by atoms with Crippen LogP contribution in [-0.4, -0.2) is 11.1 Å². The Bertz CT molecular complexity index is 659. The summed E-state index contributed by atoms with van der Waals surface area (Å²) in [5.41, 5.74) is 2.42. The summed E-state index contributed by atoms with van der Waals surface area (Å²) < 4.78 is 14.9. The molecule has 4 heteroatoms. The van der Waals surface area contributed by atoms with Gasteiger partial charge in [0.25, 0.3) is 0 Å². The fraction of sp³-hybridized carbons (Fsp3) is 0.353. The van der Waals surface area contributed by atoms with Crippen LogP contribution in [0.4, 0.5) is 4.39 Å². The van der Waals surface area contributed by atoms with Gasteiger partial charge in [-0.3, -0.25) is 4.79 Å². The second-order valence-electron chi connectivity index (χ2n) is 5.68.